The first-order chi connectivity index (χ1) is 37.6. The summed E-state index contributed by atoms with van der Waals surface area (Å²) in [5.41, 5.74) is 18.1. The van der Waals surface area contributed by atoms with Crippen LogP contribution < -0.4 is 0 Å². The van der Waals surface area contributed by atoms with Crippen molar-refractivity contribution in [3.63, 3.8) is 0 Å². The largest absolute Gasteiger partial charge is 0.436 e. The number of aromatic nitrogens is 4. The molecule has 4 aromatic heterocycles. The number of rotatable bonds is 7. The van der Waals surface area contributed by atoms with Gasteiger partial charge in [-0.3, -0.25) is 0 Å². The van der Waals surface area contributed by atoms with E-state index in [-0.39, 0.29) is 0 Å². The Hall–Kier alpha value is -10.3. The van der Waals surface area contributed by atoms with E-state index < -0.39 is 0 Å². The van der Waals surface area contributed by atoms with Crippen LogP contribution in [-0.2, 0) is 0 Å². The molecule has 0 radical (unpaired) electrons. The molecule has 6 heteroatoms. The van der Waals surface area contributed by atoms with Crippen LogP contribution in [0, 0.1) is 0 Å². The smallest absolute Gasteiger partial charge is 0.227 e. The van der Waals surface area contributed by atoms with Gasteiger partial charge in [0.1, 0.15) is 11.0 Å². The lowest BCUT2D eigenvalue weighted by atomic mass is 9.99. The van der Waals surface area contributed by atoms with E-state index in [0.29, 0.717) is 22.9 Å². The van der Waals surface area contributed by atoms with Crippen LogP contribution in [0.3, 0.4) is 0 Å². The lowest BCUT2D eigenvalue weighted by Crippen LogP contribution is -1.93. The number of fused-ring (bicyclic) bond motifs is 10. The minimum absolute atomic E-state index is 0.554. The molecule has 0 bridgehead atoms. The van der Waals surface area contributed by atoms with Crippen LogP contribution in [-0.4, -0.2) is 19.1 Å². The van der Waals surface area contributed by atoms with Crippen molar-refractivity contribution in [2.45, 2.75) is 0 Å². The molecular weight excluding hydrogens is 929 g/mol. The molecule has 0 atom stereocenters. The number of benzene rings is 12. The van der Waals surface area contributed by atoms with Crippen molar-refractivity contribution in [2.24, 2.45) is 0 Å². The number of hydrogen-bond acceptors (Lipinski definition) is 4. The fourth-order valence-corrected chi connectivity index (χ4v) is 11.7. The molecule has 16 aromatic rings. The van der Waals surface area contributed by atoms with Crippen LogP contribution in [0.2, 0.25) is 0 Å². The Balaban J connectivity index is 0.709. The van der Waals surface area contributed by atoms with Crippen LogP contribution in [0.1, 0.15) is 0 Å². The van der Waals surface area contributed by atoms with Crippen molar-refractivity contribution in [1.29, 1.82) is 0 Å². The molecule has 0 saturated heterocycles. The molecule has 0 aliphatic carbocycles. The number of nitrogens with zero attached hydrogens (tertiary/aromatic N) is 4. The number of hydrogen-bond donors (Lipinski definition) is 0. The first-order valence-corrected chi connectivity index (χ1v) is 25.7. The van der Waals surface area contributed by atoms with Gasteiger partial charge in [0.15, 0.2) is 11.2 Å². The van der Waals surface area contributed by atoms with E-state index in [1.165, 1.54) is 65.3 Å². The lowest BCUT2D eigenvalue weighted by molar-refractivity contribution is 0.619. The summed E-state index contributed by atoms with van der Waals surface area (Å²) in [4.78, 5) is 10.3. The maximum Gasteiger partial charge on any atom is 0.227 e. The molecule has 16 rings (SSSR count). The van der Waals surface area contributed by atoms with Gasteiger partial charge in [-0.1, -0.05) is 146 Å². The third-order valence-corrected chi connectivity index (χ3v) is 15.4. The molecule has 76 heavy (non-hydrogen) atoms. The molecule has 6 nitrogen and oxygen atoms in total. The van der Waals surface area contributed by atoms with E-state index in [0.717, 1.165) is 66.7 Å². The normalized spacial score (nSPS) is 11.9. The minimum Gasteiger partial charge on any atom is -0.436 e. The molecular formula is C70H42N4O2. The summed E-state index contributed by atoms with van der Waals surface area (Å²) < 4.78 is 17.7. The Labute approximate surface area is 435 Å². The van der Waals surface area contributed by atoms with E-state index in [1.807, 2.05) is 24.3 Å². The fourth-order valence-electron chi connectivity index (χ4n) is 11.7. The molecule has 0 amide bonds. The van der Waals surface area contributed by atoms with Gasteiger partial charge in [0.25, 0.3) is 0 Å². The van der Waals surface area contributed by atoms with Crippen molar-refractivity contribution < 1.29 is 8.83 Å². The Morgan fingerprint density at radius 3 is 1.09 bits per heavy atom. The van der Waals surface area contributed by atoms with Crippen molar-refractivity contribution in [3.8, 4) is 67.7 Å². The van der Waals surface area contributed by atoms with Gasteiger partial charge < -0.3 is 18.0 Å². The Morgan fingerprint density at radius 2 is 0.632 bits per heavy atom. The van der Waals surface area contributed by atoms with Gasteiger partial charge in [0.2, 0.25) is 11.8 Å². The summed E-state index contributed by atoms with van der Waals surface area (Å²) in [6.07, 6.45) is 0. The predicted molar refractivity (Wildman–Crippen MR) is 312 cm³/mol. The molecule has 354 valence electrons. The zero-order chi connectivity index (χ0) is 49.8. The minimum atomic E-state index is 0.554. The second-order valence-corrected chi connectivity index (χ2v) is 19.7. The first kappa shape index (κ1) is 42.2. The third-order valence-electron chi connectivity index (χ3n) is 15.4. The van der Waals surface area contributed by atoms with E-state index in [2.05, 4.69) is 240 Å². The molecule has 0 saturated carbocycles. The van der Waals surface area contributed by atoms with Crippen LogP contribution in [0.15, 0.2) is 264 Å². The van der Waals surface area contributed by atoms with Gasteiger partial charge in [-0.05, 0) is 153 Å². The summed E-state index contributed by atoms with van der Waals surface area (Å²) >= 11 is 0. The van der Waals surface area contributed by atoms with Crippen molar-refractivity contribution in [3.05, 3.63) is 255 Å². The highest BCUT2D eigenvalue weighted by atomic mass is 16.4. The zero-order valence-corrected chi connectivity index (χ0v) is 40.9. The molecule has 0 fully saturated rings. The van der Waals surface area contributed by atoms with Gasteiger partial charge in [0.05, 0.1) is 22.1 Å². The Kier molecular flexibility index (Phi) is 9.23. The van der Waals surface area contributed by atoms with Crippen LogP contribution in [0.25, 0.3) is 155 Å². The van der Waals surface area contributed by atoms with Crippen LogP contribution in [0.4, 0.5) is 0 Å². The van der Waals surface area contributed by atoms with Gasteiger partial charge in [-0.25, -0.2) is 9.97 Å². The SMILES string of the molecule is c1ccc2cc(-c3ccc4c(c3)c3ccccc3n4-c3ccc(-c4nc5c(-c6cccc7oc(-c8ccc(-n9c%10ccccc%10c%10cc(-c%11ccc%12ccccc%12c%11)ccc%109)cc8)nc67)cccc5o4)cc3)ccc2c1. The third kappa shape index (κ3) is 6.67. The van der Waals surface area contributed by atoms with Crippen molar-refractivity contribution >= 4 is 87.4 Å². The highest BCUT2D eigenvalue weighted by molar-refractivity contribution is 6.12. The Morgan fingerprint density at radius 1 is 0.263 bits per heavy atom. The maximum absolute atomic E-state index is 6.53. The first-order valence-electron chi connectivity index (χ1n) is 25.7. The van der Waals surface area contributed by atoms with Gasteiger partial charge in [0, 0.05) is 55.2 Å². The topological polar surface area (TPSA) is 61.9 Å². The monoisotopic (exact) mass is 970 g/mol. The highest BCUT2D eigenvalue weighted by Crippen LogP contribution is 2.41. The second-order valence-electron chi connectivity index (χ2n) is 19.7. The lowest BCUT2D eigenvalue weighted by Gasteiger charge is -2.09. The second kappa shape index (κ2) is 16.6. The average molecular weight is 971 g/mol. The quantitative estimate of drug-likeness (QED) is 0.160. The number of oxazole rings is 2. The maximum atomic E-state index is 6.53. The summed E-state index contributed by atoms with van der Waals surface area (Å²) in [6.45, 7) is 0. The highest BCUT2D eigenvalue weighted by Gasteiger charge is 2.20. The van der Waals surface area contributed by atoms with Gasteiger partial charge in [-0.15, -0.1) is 0 Å². The van der Waals surface area contributed by atoms with Crippen LogP contribution in [0.5, 0.6) is 0 Å². The summed E-state index contributed by atoms with van der Waals surface area (Å²) in [6, 6.07) is 90.6. The predicted octanol–water partition coefficient (Wildman–Crippen LogP) is 18.8. The summed E-state index contributed by atoms with van der Waals surface area (Å²) in [5, 5.41) is 9.82. The van der Waals surface area contributed by atoms with Crippen molar-refractivity contribution in [1.82, 2.24) is 19.1 Å². The van der Waals surface area contributed by atoms with E-state index in [1.54, 1.807) is 0 Å². The molecule has 12 aromatic carbocycles. The molecule has 0 spiro atoms. The fraction of sp³-hybridized carbons (Fsp3) is 0. The van der Waals surface area contributed by atoms with E-state index in [4.69, 9.17) is 18.8 Å². The molecule has 0 unspecified atom stereocenters. The number of para-hydroxylation sites is 4. The summed E-state index contributed by atoms with van der Waals surface area (Å²) in [5.74, 6) is 1.11. The molecule has 0 aliphatic rings. The molecule has 4 heterocycles. The molecule has 0 aliphatic heterocycles. The Bertz CT molecular complexity index is 4680. The zero-order valence-electron chi connectivity index (χ0n) is 40.9. The molecule has 0 N–H and O–H groups in total. The average Bonchev–Trinajstić information content (AvgIpc) is 4.31. The van der Waals surface area contributed by atoms with Crippen LogP contribution >= 0.6 is 0 Å². The van der Waals surface area contributed by atoms with Crippen molar-refractivity contribution in [2.75, 3.05) is 0 Å². The van der Waals surface area contributed by atoms with Gasteiger partial charge in [-0.2, -0.15) is 0 Å². The summed E-state index contributed by atoms with van der Waals surface area (Å²) in [7, 11) is 0. The standard InChI is InChI=1S/C70H42N4O2/c1-3-13-47-39-49(25-23-43(47)11-1)51-31-37-63-59(41-51)55-15-5-7-19-61(55)73(63)53-33-27-45(28-34-53)69-71-67-57(17-9-21-65(67)75-69)58-18-10-22-66-68(58)72-70(76-66)46-29-35-54(36-30-46)74-62-20-8-6-16-56(62)60-42-52(32-38-64(60)74)50-26-24-44-12-2-4-14-48(44)40-50/h1-42H. The van der Waals surface area contributed by atoms with Gasteiger partial charge >= 0.3 is 0 Å². The van der Waals surface area contributed by atoms with E-state index in [9.17, 15) is 0 Å². The van der Waals surface area contributed by atoms with E-state index >= 15 is 0 Å².